The van der Waals surface area contributed by atoms with Crippen LogP contribution < -0.4 is 20.1 Å². The van der Waals surface area contributed by atoms with Gasteiger partial charge in [-0.25, -0.2) is 4.98 Å². The first-order valence-electron chi connectivity index (χ1n) is 14.1. The van der Waals surface area contributed by atoms with Gasteiger partial charge in [-0.15, -0.1) is 0 Å². The lowest BCUT2D eigenvalue weighted by Crippen LogP contribution is -2.51. The SMILES string of the molecule is [2H]c1c(OC)c(OC)c([2H])c2c(N)nc(N3CC([2H])([2H])N(C(=O)C4OC([2H])([2H])C([2H])([2H])C4([2H])[2H])C([2H])([2H])C3)nc12. The monoisotopic (exact) mass is 399 g/mol. The normalized spacial score (nSPS) is 35.1. The molecule has 1 aromatic heterocycles. The lowest BCUT2D eigenvalue weighted by Gasteiger charge is -2.35. The Labute approximate surface area is 180 Å². The number of nitrogens with two attached hydrogens (primary N) is 1. The maximum Gasteiger partial charge on any atom is 0.251 e. The highest BCUT2D eigenvalue weighted by molar-refractivity contribution is 5.91. The number of carbonyl (C=O) groups is 1. The third-order valence-corrected chi connectivity index (χ3v) is 4.01. The molecule has 4 rings (SSSR count). The summed E-state index contributed by atoms with van der Waals surface area (Å²) in [6.45, 7) is -10.6. The first kappa shape index (κ1) is 9.13. The summed E-state index contributed by atoms with van der Waals surface area (Å²) in [6.07, 6.45) is -9.08. The molecule has 0 bridgehead atoms. The van der Waals surface area contributed by atoms with E-state index in [-0.39, 0.29) is 51.2 Å². The Morgan fingerprint density at radius 3 is 2.64 bits per heavy atom. The van der Waals surface area contributed by atoms with Crippen LogP contribution in [-0.2, 0) is 9.53 Å². The van der Waals surface area contributed by atoms with Gasteiger partial charge in [0.05, 0.1) is 30.7 Å². The van der Waals surface area contributed by atoms with Crippen LogP contribution in [0.1, 0.15) is 29.2 Å². The van der Waals surface area contributed by atoms with Crippen LogP contribution in [0.15, 0.2) is 12.1 Å². The first-order valence-corrected chi connectivity index (χ1v) is 8.11. The summed E-state index contributed by atoms with van der Waals surface area (Å²) < 4.78 is 113. The summed E-state index contributed by atoms with van der Waals surface area (Å²) in [7, 11) is 2.52. The molecule has 2 aromatic rings. The van der Waals surface area contributed by atoms with Gasteiger partial charge in [-0.3, -0.25) is 4.79 Å². The van der Waals surface area contributed by atoms with Gasteiger partial charge in [0.2, 0.25) is 5.95 Å². The number of nitrogen functional groups attached to an aromatic ring is 1. The van der Waals surface area contributed by atoms with Gasteiger partial charge in [0.1, 0.15) is 11.9 Å². The highest BCUT2D eigenvalue weighted by Gasteiger charge is 2.31. The highest BCUT2D eigenvalue weighted by Crippen LogP contribution is 2.34. The Bertz CT molecular complexity index is 1370. The fourth-order valence-electron chi connectivity index (χ4n) is 2.61. The minimum absolute atomic E-state index is 0.0598. The van der Waals surface area contributed by atoms with E-state index in [0.29, 0.717) is 0 Å². The van der Waals surface area contributed by atoms with Gasteiger partial charge in [-0.2, -0.15) is 4.98 Å². The lowest BCUT2D eigenvalue weighted by molar-refractivity contribution is -0.141. The second-order valence-electron chi connectivity index (χ2n) is 5.66. The van der Waals surface area contributed by atoms with Crippen LogP contribution in [0.5, 0.6) is 11.5 Å². The summed E-state index contributed by atoms with van der Waals surface area (Å²) in [5.41, 5.74) is 5.90. The molecular weight excluding hydrogens is 362 g/mol. The zero-order valence-electron chi connectivity index (χ0n) is 27.0. The number of hydrogen-bond donors (Lipinski definition) is 1. The third-order valence-electron chi connectivity index (χ3n) is 4.01. The summed E-state index contributed by atoms with van der Waals surface area (Å²) in [6, 6.07) is -0.606. The molecule has 2 N–H and O–H groups in total. The lowest BCUT2D eigenvalue weighted by atomic mass is 10.2. The van der Waals surface area contributed by atoms with Gasteiger partial charge in [0.15, 0.2) is 11.5 Å². The molecule has 2 saturated heterocycles. The number of hydrogen-bond acceptors (Lipinski definition) is 8. The molecule has 150 valence electrons. The Hall–Kier alpha value is -2.81. The smallest absolute Gasteiger partial charge is 0.251 e. The molecule has 28 heavy (non-hydrogen) atoms. The third kappa shape index (κ3) is 3.37. The molecule has 2 aliphatic rings. The standard InChI is InChI=1S/C19H25N5O4/c1-26-15-10-12-13(11-16(15)27-2)21-19(22-17(12)20)24-7-5-23(6-8-24)18(25)14-4-3-9-28-14/h10-11,14H,3-9H2,1-2H3,(H2,20,21,22)/i3D2,4D2,5D2,6D2,9D2,10D,11D. The molecule has 2 aliphatic heterocycles. The molecule has 1 atom stereocenters. The molecule has 1 amide bonds. The number of carbonyl (C=O) groups excluding carboxylic acids is 1. The van der Waals surface area contributed by atoms with Crippen LogP contribution in [0.4, 0.5) is 11.8 Å². The van der Waals surface area contributed by atoms with Crippen molar-refractivity contribution in [1.29, 1.82) is 0 Å². The van der Waals surface area contributed by atoms with Gasteiger partial charge in [0, 0.05) is 49.6 Å². The number of rotatable bonds is 4. The number of benzene rings is 1. The quantitative estimate of drug-likeness (QED) is 0.814. The number of amides is 1. The molecule has 2 fully saturated rings. The fraction of sp³-hybridized carbons (Fsp3) is 0.526. The molecule has 0 saturated carbocycles. The zero-order chi connectivity index (χ0) is 30.4. The van der Waals surface area contributed by atoms with E-state index in [1.54, 1.807) is 0 Å². The fourth-order valence-corrected chi connectivity index (χ4v) is 2.61. The van der Waals surface area contributed by atoms with Crippen LogP contribution in [-0.4, -0.2) is 73.7 Å². The van der Waals surface area contributed by atoms with Crippen LogP contribution >= 0.6 is 0 Å². The van der Waals surface area contributed by atoms with E-state index in [4.69, 9.17) is 36.4 Å². The number of aromatic nitrogens is 2. The number of fused-ring (bicyclic) bond motifs is 1. The van der Waals surface area contributed by atoms with Crippen molar-refractivity contribution in [1.82, 2.24) is 14.9 Å². The van der Waals surface area contributed by atoms with Gasteiger partial charge < -0.3 is 29.7 Å². The Balaban J connectivity index is 1.76. The van der Waals surface area contributed by atoms with E-state index >= 15 is 0 Å². The molecule has 9 heteroatoms. The molecule has 0 aliphatic carbocycles. The molecule has 1 unspecified atom stereocenters. The van der Waals surface area contributed by atoms with Crippen LogP contribution in [0.3, 0.4) is 0 Å². The maximum atomic E-state index is 13.3. The Kier molecular flexibility index (Phi) is 2.50. The van der Waals surface area contributed by atoms with E-state index in [2.05, 4.69) is 9.97 Å². The Morgan fingerprint density at radius 2 is 2.00 bits per heavy atom. The predicted molar refractivity (Wildman–Crippen MR) is 105 cm³/mol. The van der Waals surface area contributed by atoms with Crippen molar-refractivity contribution in [2.45, 2.75) is 18.8 Å². The summed E-state index contributed by atoms with van der Waals surface area (Å²) in [4.78, 5) is 22.7. The van der Waals surface area contributed by atoms with E-state index in [1.807, 2.05) is 0 Å². The predicted octanol–water partition coefficient (Wildman–Crippen LogP) is 1.06. The molecule has 3 heterocycles. The van der Waals surface area contributed by atoms with Crippen LogP contribution in [0, 0.1) is 0 Å². The van der Waals surface area contributed by atoms with Crippen molar-refractivity contribution in [3.8, 4) is 11.5 Å². The van der Waals surface area contributed by atoms with E-state index in [1.165, 1.54) is 14.2 Å². The molecule has 0 spiro atoms. The average molecular weight is 400 g/mol. The second-order valence-corrected chi connectivity index (χ2v) is 5.66. The number of ether oxygens (including phenoxy) is 3. The molecule has 9 nitrogen and oxygen atoms in total. The second kappa shape index (κ2) is 7.67. The first-order chi connectivity index (χ1) is 18.2. The van der Waals surface area contributed by atoms with Gasteiger partial charge in [0.25, 0.3) is 5.91 Å². The van der Waals surface area contributed by atoms with Crippen molar-refractivity contribution in [2.75, 3.05) is 57.5 Å². The molecule has 0 radical (unpaired) electrons. The van der Waals surface area contributed by atoms with E-state index in [9.17, 15) is 4.79 Å². The summed E-state index contributed by atoms with van der Waals surface area (Å²) >= 11 is 0. The van der Waals surface area contributed by atoms with Crippen LogP contribution in [0.25, 0.3) is 10.9 Å². The minimum atomic E-state index is -3.31. The summed E-state index contributed by atoms with van der Waals surface area (Å²) in [5.74, 6) is -2.49. The van der Waals surface area contributed by atoms with Gasteiger partial charge in [-0.1, -0.05) is 0 Å². The minimum Gasteiger partial charge on any atom is -0.493 e. The number of methoxy groups -OCH3 is 2. The number of nitrogens with zero attached hydrogens (tertiary/aromatic N) is 4. The van der Waals surface area contributed by atoms with Crippen molar-refractivity contribution >= 4 is 28.6 Å². The maximum absolute atomic E-state index is 13.3. The number of anilines is 2. The topological polar surface area (TPSA) is 103 Å². The molecule has 1 aromatic carbocycles. The zero-order valence-corrected chi connectivity index (χ0v) is 15.0. The Morgan fingerprint density at radius 1 is 1.29 bits per heavy atom. The van der Waals surface area contributed by atoms with Crippen molar-refractivity contribution in [3.05, 3.63) is 12.1 Å². The highest BCUT2D eigenvalue weighted by atomic mass is 16.5. The van der Waals surface area contributed by atoms with Gasteiger partial charge >= 0.3 is 0 Å². The van der Waals surface area contributed by atoms with Crippen molar-refractivity contribution in [2.24, 2.45) is 0 Å². The van der Waals surface area contributed by atoms with Crippen LogP contribution in [0.2, 0.25) is 0 Å². The molecular formula is C19H25N5O4. The van der Waals surface area contributed by atoms with E-state index < -0.39 is 57.4 Å². The van der Waals surface area contributed by atoms with Gasteiger partial charge in [-0.05, 0) is 18.8 Å². The summed E-state index contributed by atoms with van der Waals surface area (Å²) in [5, 5.41) is -0.0598. The average Bonchev–Trinajstić information content (AvgIpc) is 2.94. The van der Waals surface area contributed by atoms with E-state index in [0.717, 1.165) is 4.90 Å². The van der Waals surface area contributed by atoms with Crippen molar-refractivity contribution < 1.29 is 35.5 Å². The number of piperazine rings is 1. The largest absolute Gasteiger partial charge is 0.493 e. The van der Waals surface area contributed by atoms with Crippen molar-refractivity contribution in [3.63, 3.8) is 0 Å².